The van der Waals surface area contributed by atoms with Crippen molar-refractivity contribution in [2.24, 2.45) is 0 Å². The Bertz CT molecular complexity index is 444. The van der Waals surface area contributed by atoms with Crippen molar-refractivity contribution in [2.75, 3.05) is 14.1 Å². The number of nitrogens with zero attached hydrogens (tertiary/aromatic N) is 1. The first-order valence-corrected chi connectivity index (χ1v) is 6.13. The Morgan fingerprint density at radius 3 is 2.13 bits per heavy atom. The predicted molar refractivity (Wildman–Crippen MR) is 61.2 cm³/mol. The van der Waals surface area contributed by atoms with Gasteiger partial charge in [0.15, 0.2) is 0 Å². The van der Waals surface area contributed by atoms with Gasteiger partial charge in [0.1, 0.15) is 0 Å². The van der Waals surface area contributed by atoms with Gasteiger partial charge in [-0.15, -0.1) is 0 Å². The molecule has 0 saturated carbocycles. The smallest absolute Gasteiger partial charge is 0.201 e. The number of benzene rings is 1. The maximum absolute atomic E-state index is 11.7. The molecule has 0 aliphatic rings. The lowest BCUT2D eigenvalue weighted by Crippen LogP contribution is -2.03. The highest BCUT2D eigenvalue weighted by atomic mass is 32.2. The molecule has 0 aromatic heterocycles. The number of hydrogen-bond acceptors (Lipinski definition) is 3. The number of aryl methyl sites for hydroxylation is 1. The van der Waals surface area contributed by atoms with Crippen molar-refractivity contribution in [1.82, 2.24) is 4.90 Å². The van der Waals surface area contributed by atoms with Crippen LogP contribution in [0.4, 0.5) is 0 Å². The van der Waals surface area contributed by atoms with Crippen LogP contribution in [0.3, 0.4) is 0 Å². The highest BCUT2D eigenvalue weighted by Crippen LogP contribution is 2.12. The lowest BCUT2D eigenvalue weighted by Gasteiger charge is -2.04. The first-order valence-electron chi connectivity index (χ1n) is 4.58. The first-order chi connectivity index (χ1) is 6.92. The molecule has 82 valence electrons. The average molecular weight is 225 g/mol. The molecule has 1 aromatic carbocycles. The Labute approximate surface area is 91.0 Å². The van der Waals surface area contributed by atoms with E-state index >= 15 is 0 Å². The zero-order valence-electron chi connectivity index (χ0n) is 9.14. The Balaban J connectivity index is 3.02. The summed E-state index contributed by atoms with van der Waals surface area (Å²) in [5, 5.41) is 1.21. The van der Waals surface area contributed by atoms with Gasteiger partial charge in [0.2, 0.25) is 9.84 Å². The van der Waals surface area contributed by atoms with Crippen molar-refractivity contribution in [1.29, 1.82) is 0 Å². The summed E-state index contributed by atoms with van der Waals surface area (Å²) < 4.78 is 23.5. The SMILES string of the molecule is Cc1ccc(S(=O)(=O)/C=C/N(C)C)cc1. The van der Waals surface area contributed by atoms with Crippen molar-refractivity contribution in [2.45, 2.75) is 11.8 Å². The van der Waals surface area contributed by atoms with E-state index in [1.54, 1.807) is 43.3 Å². The molecule has 0 bridgehead atoms. The van der Waals surface area contributed by atoms with Gasteiger partial charge in [-0.1, -0.05) is 17.7 Å². The van der Waals surface area contributed by atoms with Crippen LogP contribution in [0.1, 0.15) is 5.56 Å². The van der Waals surface area contributed by atoms with E-state index in [-0.39, 0.29) is 0 Å². The van der Waals surface area contributed by atoms with E-state index in [0.29, 0.717) is 4.90 Å². The summed E-state index contributed by atoms with van der Waals surface area (Å²) in [4.78, 5) is 2.01. The van der Waals surface area contributed by atoms with Gasteiger partial charge in [-0.3, -0.25) is 0 Å². The fraction of sp³-hybridized carbons (Fsp3) is 0.273. The molecular weight excluding hydrogens is 210 g/mol. The molecule has 0 N–H and O–H groups in total. The van der Waals surface area contributed by atoms with Gasteiger partial charge in [0, 0.05) is 20.3 Å². The van der Waals surface area contributed by atoms with Gasteiger partial charge in [0.05, 0.1) is 10.3 Å². The fourth-order valence-corrected chi connectivity index (χ4v) is 2.08. The fourth-order valence-electron chi connectivity index (χ4n) is 1.01. The van der Waals surface area contributed by atoms with Crippen LogP contribution in [-0.2, 0) is 9.84 Å². The molecule has 15 heavy (non-hydrogen) atoms. The minimum Gasteiger partial charge on any atom is -0.383 e. The second-order valence-corrected chi connectivity index (χ2v) is 5.44. The maximum Gasteiger partial charge on any atom is 0.201 e. The molecule has 0 aliphatic heterocycles. The molecule has 0 fully saturated rings. The van der Waals surface area contributed by atoms with E-state index < -0.39 is 9.84 Å². The van der Waals surface area contributed by atoms with E-state index in [1.165, 1.54) is 11.6 Å². The summed E-state index contributed by atoms with van der Waals surface area (Å²) in [6, 6.07) is 6.81. The zero-order valence-corrected chi connectivity index (χ0v) is 9.95. The monoisotopic (exact) mass is 225 g/mol. The lowest BCUT2D eigenvalue weighted by atomic mass is 10.2. The van der Waals surface area contributed by atoms with Crippen LogP contribution in [0.15, 0.2) is 40.8 Å². The maximum atomic E-state index is 11.7. The zero-order chi connectivity index (χ0) is 11.5. The standard InChI is InChI=1S/C11H15NO2S/c1-10-4-6-11(7-5-10)15(13,14)9-8-12(2)3/h4-9H,1-3H3/b9-8+. The van der Waals surface area contributed by atoms with E-state index in [0.717, 1.165) is 5.56 Å². The molecule has 0 unspecified atom stereocenters. The summed E-state index contributed by atoms with van der Waals surface area (Å²) in [6.45, 7) is 1.92. The third kappa shape index (κ3) is 3.40. The van der Waals surface area contributed by atoms with Gasteiger partial charge >= 0.3 is 0 Å². The molecule has 0 spiro atoms. The van der Waals surface area contributed by atoms with Gasteiger partial charge in [-0.25, -0.2) is 8.42 Å². The van der Waals surface area contributed by atoms with Gasteiger partial charge in [-0.05, 0) is 19.1 Å². The summed E-state index contributed by atoms with van der Waals surface area (Å²) in [5.74, 6) is 0. The van der Waals surface area contributed by atoms with Crippen molar-refractivity contribution in [3.63, 3.8) is 0 Å². The van der Waals surface area contributed by atoms with Crippen molar-refractivity contribution < 1.29 is 8.42 Å². The topological polar surface area (TPSA) is 37.4 Å². The predicted octanol–water partition coefficient (Wildman–Crippen LogP) is 1.80. The minimum atomic E-state index is -3.29. The van der Waals surface area contributed by atoms with Crippen LogP contribution >= 0.6 is 0 Å². The molecule has 4 heteroatoms. The summed E-state index contributed by atoms with van der Waals surface area (Å²) in [5.41, 5.74) is 1.05. The highest BCUT2D eigenvalue weighted by molar-refractivity contribution is 7.94. The molecule has 3 nitrogen and oxygen atoms in total. The van der Waals surface area contributed by atoms with E-state index in [1.807, 2.05) is 6.92 Å². The quantitative estimate of drug-likeness (QED) is 0.787. The highest BCUT2D eigenvalue weighted by Gasteiger charge is 2.09. The molecule has 0 radical (unpaired) electrons. The molecular formula is C11H15NO2S. The van der Waals surface area contributed by atoms with Gasteiger partial charge in [-0.2, -0.15) is 0 Å². The molecule has 1 rings (SSSR count). The number of sulfone groups is 1. The van der Waals surface area contributed by atoms with Crippen LogP contribution < -0.4 is 0 Å². The summed E-state index contributed by atoms with van der Waals surface area (Å²) >= 11 is 0. The molecule has 0 aliphatic carbocycles. The van der Waals surface area contributed by atoms with E-state index in [2.05, 4.69) is 0 Å². The second kappa shape index (κ2) is 4.49. The third-order valence-electron chi connectivity index (χ3n) is 1.89. The minimum absolute atomic E-state index is 0.325. The van der Waals surface area contributed by atoms with Crippen LogP contribution in [-0.4, -0.2) is 27.4 Å². The van der Waals surface area contributed by atoms with E-state index in [9.17, 15) is 8.42 Å². The van der Waals surface area contributed by atoms with Crippen LogP contribution in [0.2, 0.25) is 0 Å². The normalized spacial score (nSPS) is 11.9. The molecule has 0 saturated heterocycles. The van der Waals surface area contributed by atoms with Crippen molar-refractivity contribution in [3.05, 3.63) is 41.4 Å². The van der Waals surface area contributed by atoms with Crippen molar-refractivity contribution >= 4 is 9.84 Å². The largest absolute Gasteiger partial charge is 0.383 e. The molecule has 1 aromatic rings. The summed E-state index contributed by atoms with van der Waals surface area (Å²) in [7, 11) is 0.264. The van der Waals surface area contributed by atoms with Crippen molar-refractivity contribution in [3.8, 4) is 0 Å². The second-order valence-electron chi connectivity index (χ2n) is 3.61. The van der Waals surface area contributed by atoms with Gasteiger partial charge < -0.3 is 4.90 Å². The average Bonchev–Trinajstić information content (AvgIpc) is 2.16. The molecule has 0 heterocycles. The Morgan fingerprint density at radius 1 is 1.13 bits per heavy atom. The van der Waals surface area contributed by atoms with Crippen LogP contribution in [0.5, 0.6) is 0 Å². The Kier molecular flexibility index (Phi) is 3.52. The molecule has 0 atom stereocenters. The van der Waals surface area contributed by atoms with Crippen LogP contribution in [0, 0.1) is 6.92 Å². The molecule has 0 amide bonds. The first kappa shape index (κ1) is 11.8. The number of hydrogen-bond donors (Lipinski definition) is 0. The van der Waals surface area contributed by atoms with Gasteiger partial charge in [0.25, 0.3) is 0 Å². The third-order valence-corrected chi connectivity index (χ3v) is 3.30. The number of rotatable bonds is 3. The Hall–Kier alpha value is -1.29. The van der Waals surface area contributed by atoms with E-state index in [4.69, 9.17) is 0 Å². The lowest BCUT2D eigenvalue weighted by molar-refractivity contribution is 0.562. The van der Waals surface area contributed by atoms with Crippen LogP contribution in [0.25, 0.3) is 0 Å². The summed E-state index contributed by atoms with van der Waals surface area (Å²) in [6.07, 6.45) is 1.52. The Morgan fingerprint density at radius 2 is 1.67 bits per heavy atom.